The van der Waals surface area contributed by atoms with Crippen LogP contribution in [0, 0.1) is 0 Å². The highest BCUT2D eigenvalue weighted by atomic mass is 35.5. The Morgan fingerprint density at radius 3 is 2.55 bits per heavy atom. The first-order chi connectivity index (χ1) is 15.0. The third kappa shape index (κ3) is 5.79. The molecule has 0 aliphatic rings. The fourth-order valence-electron chi connectivity index (χ4n) is 3.19. The van der Waals surface area contributed by atoms with Crippen LogP contribution in [0.25, 0.3) is 0 Å². The number of aryl methyl sites for hydroxylation is 1. The zero-order chi connectivity index (χ0) is 22.2. The maximum absolute atomic E-state index is 13.2. The number of nitrogens with one attached hydrogen (secondary N) is 1. The van der Waals surface area contributed by atoms with Gasteiger partial charge in [0.2, 0.25) is 0 Å². The Kier molecular flexibility index (Phi) is 7.95. The molecule has 2 aromatic carbocycles. The van der Waals surface area contributed by atoms with E-state index in [-0.39, 0.29) is 5.91 Å². The van der Waals surface area contributed by atoms with E-state index in [4.69, 9.17) is 21.1 Å². The van der Waals surface area contributed by atoms with Crippen molar-refractivity contribution in [2.45, 2.75) is 32.7 Å². The summed E-state index contributed by atoms with van der Waals surface area (Å²) in [6.45, 7) is 5.11. The molecule has 0 bridgehead atoms. The zero-order valence-corrected chi connectivity index (χ0v) is 18.9. The Labute approximate surface area is 188 Å². The van der Waals surface area contributed by atoms with Crippen molar-refractivity contribution in [3.8, 4) is 11.5 Å². The lowest BCUT2D eigenvalue weighted by molar-refractivity contribution is 0.0940. The molecule has 3 rings (SSSR count). The number of benzene rings is 2. The molecule has 0 aliphatic carbocycles. The summed E-state index contributed by atoms with van der Waals surface area (Å²) < 4.78 is 13.4. The van der Waals surface area contributed by atoms with Crippen molar-refractivity contribution in [1.82, 2.24) is 14.9 Å². The smallest absolute Gasteiger partial charge is 0.252 e. The van der Waals surface area contributed by atoms with Gasteiger partial charge in [0, 0.05) is 30.0 Å². The SMILES string of the molecule is CCCCOc1ccc(C(=O)NC(c2ccc(Cl)cc2)c2nccn2C)cc1OCC. The van der Waals surface area contributed by atoms with Crippen LogP contribution >= 0.6 is 11.6 Å². The van der Waals surface area contributed by atoms with E-state index in [0.29, 0.717) is 35.3 Å². The summed E-state index contributed by atoms with van der Waals surface area (Å²) in [4.78, 5) is 17.6. The highest BCUT2D eigenvalue weighted by molar-refractivity contribution is 6.30. The number of hydrogen-bond acceptors (Lipinski definition) is 4. The number of aromatic nitrogens is 2. The Balaban J connectivity index is 1.86. The lowest BCUT2D eigenvalue weighted by atomic mass is 10.1. The molecular formula is C24H28ClN3O3. The molecule has 31 heavy (non-hydrogen) atoms. The van der Waals surface area contributed by atoms with Gasteiger partial charge in [0.05, 0.1) is 13.2 Å². The number of halogens is 1. The van der Waals surface area contributed by atoms with Crippen LogP contribution in [0.4, 0.5) is 0 Å². The number of amides is 1. The normalized spacial score (nSPS) is 11.7. The van der Waals surface area contributed by atoms with Crippen molar-refractivity contribution in [1.29, 1.82) is 0 Å². The summed E-state index contributed by atoms with van der Waals surface area (Å²) in [6, 6.07) is 12.2. The molecule has 0 spiro atoms. The van der Waals surface area contributed by atoms with Crippen LogP contribution in [0.2, 0.25) is 5.02 Å². The van der Waals surface area contributed by atoms with Crippen LogP contribution in [-0.4, -0.2) is 28.7 Å². The first kappa shape index (κ1) is 22.7. The van der Waals surface area contributed by atoms with Gasteiger partial charge in [0.25, 0.3) is 5.91 Å². The number of rotatable bonds is 10. The number of nitrogens with zero attached hydrogens (tertiary/aromatic N) is 2. The quantitative estimate of drug-likeness (QED) is 0.441. The van der Waals surface area contributed by atoms with E-state index in [2.05, 4.69) is 17.2 Å². The van der Waals surface area contributed by atoms with Crippen LogP contribution < -0.4 is 14.8 Å². The van der Waals surface area contributed by atoms with Crippen LogP contribution in [0.5, 0.6) is 11.5 Å². The number of unbranched alkanes of at least 4 members (excludes halogenated alkanes) is 1. The first-order valence-electron chi connectivity index (χ1n) is 10.5. The molecule has 1 aromatic heterocycles. The van der Waals surface area contributed by atoms with Crippen LogP contribution in [0.15, 0.2) is 54.9 Å². The average Bonchev–Trinajstić information content (AvgIpc) is 3.19. The largest absolute Gasteiger partial charge is 0.490 e. The van der Waals surface area contributed by atoms with Crippen molar-refractivity contribution in [3.63, 3.8) is 0 Å². The molecule has 1 unspecified atom stereocenters. The van der Waals surface area contributed by atoms with Gasteiger partial charge in [-0.3, -0.25) is 4.79 Å². The summed E-state index contributed by atoms with van der Waals surface area (Å²) in [6.07, 6.45) is 5.56. The third-order valence-corrected chi connectivity index (χ3v) is 5.11. The summed E-state index contributed by atoms with van der Waals surface area (Å²) >= 11 is 6.05. The lowest BCUT2D eigenvalue weighted by Gasteiger charge is -2.20. The molecular weight excluding hydrogens is 414 g/mol. The second-order valence-corrected chi connectivity index (χ2v) is 7.59. The van der Waals surface area contributed by atoms with Crippen molar-refractivity contribution in [3.05, 3.63) is 76.8 Å². The number of imidazole rings is 1. The molecule has 1 amide bonds. The van der Waals surface area contributed by atoms with Crippen LogP contribution in [0.3, 0.4) is 0 Å². The monoisotopic (exact) mass is 441 g/mol. The van der Waals surface area contributed by atoms with Gasteiger partial charge in [0.15, 0.2) is 11.5 Å². The number of carbonyl (C=O) groups is 1. The molecule has 0 fully saturated rings. The van der Waals surface area contributed by atoms with E-state index in [1.165, 1.54) is 0 Å². The van der Waals surface area contributed by atoms with Crippen molar-refractivity contribution < 1.29 is 14.3 Å². The molecule has 6 nitrogen and oxygen atoms in total. The average molecular weight is 442 g/mol. The van der Waals surface area contributed by atoms with Crippen LogP contribution in [-0.2, 0) is 7.05 Å². The fourth-order valence-corrected chi connectivity index (χ4v) is 3.31. The molecule has 0 aliphatic heterocycles. The summed E-state index contributed by atoms with van der Waals surface area (Å²) in [7, 11) is 1.90. The van der Waals surface area contributed by atoms with Gasteiger partial charge in [-0.05, 0) is 49.2 Å². The highest BCUT2D eigenvalue weighted by Crippen LogP contribution is 2.29. The van der Waals surface area contributed by atoms with Gasteiger partial charge >= 0.3 is 0 Å². The molecule has 7 heteroatoms. The third-order valence-electron chi connectivity index (χ3n) is 4.86. The van der Waals surface area contributed by atoms with E-state index < -0.39 is 6.04 Å². The van der Waals surface area contributed by atoms with Gasteiger partial charge in [-0.15, -0.1) is 0 Å². The van der Waals surface area contributed by atoms with Crippen LogP contribution in [0.1, 0.15) is 54.5 Å². The van der Waals surface area contributed by atoms with E-state index in [0.717, 1.165) is 24.2 Å². The predicted octanol–water partition coefficient (Wildman–Crippen LogP) is 5.17. The van der Waals surface area contributed by atoms with E-state index in [1.807, 2.05) is 36.9 Å². The van der Waals surface area contributed by atoms with E-state index in [1.54, 1.807) is 36.5 Å². The molecule has 1 atom stereocenters. The maximum Gasteiger partial charge on any atom is 0.252 e. The summed E-state index contributed by atoms with van der Waals surface area (Å²) in [5.41, 5.74) is 1.37. The molecule has 1 heterocycles. The second-order valence-electron chi connectivity index (χ2n) is 7.15. The van der Waals surface area contributed by atoms with E-state index in [9.17, 15) is 4.79 Å². The Morgan fingerprint density at radius 2 is 1.90 bits per heavy atom. The maximum atomic E-state index is 13.2. The van der Waals surface area contributed by atoms with Gasteiger partial charge < -0.3 is 19.4 Å². The highest BCUT2D eigenvalue weighted by Gasteiger charge is 2.22. The van der Waals surface area contributed by atoms with Gasteiger partial charge in [0.1, 0.15) is 11.9 Å². The van der Waals surface area contributed by atoms with Crippen molar-refractivity contribution >= 4 is 17.5 Å². The Bertz CT molecular complexity index is 1000. The van der Waals surface area contributed by atoms with Gasteiger partial charge in [-0.25, -0.2) is 4.98 Å². The molecule has 164 valence electrons. The van der Waals surface area contributed by atoms with Crippen molar-refractivity contribution in [2.24, 2.45) is 7.05 Å². The molecule has 0 saturated carbocycles. The summed E-state index contributed by atoms with van der Waals surface area (Å²) in [5, 5.41) is 3.72. The Morgan fingerprint density at radius 1 is 1.13 bits per heavy atom. The minimum absolute atomic E-state index is 0.232. The topological polar surface area (TPSA) is 65.4 Å². The van der Waals surface area contributed by atoms with E-state index >= 15 is 0 Å². The second kappa shape index (κ2) is 10.9. The summed E-state index contributed by atoms with van der Waals surface area (Å²) in [5.74, 6) is 1.70. The lowest BCUT2D eigenvalue weighted by Crippen LogP contribution is -2.31. The van der Waals surface area contributed by atoms with Gasteiger partial charge in [-0.2, -0.15) is 0 Å². The first-order valence-corrected chi connectivity index (χ1v) is 10.8. The fraction of sp³-hybridized carbons (Fsp3) is 0.333. The van der Waals surface area contributed by atoms with Gasteiger partial charge in [-0.1, -0.05) is 37.1 Å². The minimum Gasteiger partial charge on any atom is -0.490 e. The minimum atomic E-state index is -0.430. The molecule has 1 N–H and O–H groups in total. The standard InChI is InChI=1S/C24H28ClN3O3/c1-4-6-15-31-20-12-9-18(16-21(20)30-5-2)24(29)27-22(23-26-13-14-28(23)3)17-7-10-19(25)11-8-17/h7-14,16,22H,4-6,15H2,1-3H3,(H,27,29). The van der Waals surface area contributed by atoms with Crippen molar-refractivity contribution in [2.75, 3.05) is 13.2 Å². The number of carbonyl (C=O) groups excluding carboxylic acids is 1. The Hall–Kier alpha value is -2.99. The predicted molar refractivity (Wildman–Crippen MR) is 122 cm³/mol. The molecule has 3 aromatic rings. The zero-order valence-electron chi connectivity index (χ0n) is 18.1. The number of hydrogen-bond donors (Lipinski definition) is 1. The molecule has 0 radical (unpaired) electrons. The molecule has 0 saturated heterocycles. The number of ether oxygens (including phenoxy) is 2.